The van der Waals surface area contributed by atoms with Gasteiger partial charge in [-0.15, -0.1) is 0 Å². The minimum atomic E-state index is -1.74. The Labute approximate surface area is 227 Å². The standard InChI is InChI=1S/C26H30O14/c1-33-14-6-10(12-7-11(28)17-13(38-12)8-15(34-2)23(36-4)19(17)30)22(35-3)25(24(14)37-5)40-26-21(32)20(31)18(29)16(9-27)39-26/h6-8,16,18,20-21,26-27,29-32H,9H2,1-5H3/t16-,18-,20+,21-,26+/m1/s1. The molecule has 14 heteroatoms. The van der Waals surface area contributed by atoms with Crippen molar-refractivity contribution in [1.82, 2.24) is 0 Å². The molecule has 14 nitrogen and oxygen atoms in total. The lowest BCUT2D eigenvalue weighted by Gasteiger charge is -2.39. The van der Waals surface area contributed by atoms with Crippen LogP contribution in [0.5, 0.6) is 40.2 Å². The third-order valence-electron chi connectivity index (χ3n) is 6.47. The lowest BCUT2D eigenvalue weighted by atomic mass is 9.99. The second kappa shape index (κ2) is 11.7. The Balaban J connectivity index is 1.93. The maximum Gasteiger partial charge on any atom is 0.229 e. The van der Waals surface area contributed by atoms with Crippen LogP contribution in [-0.4, -0.2) is 98.4 Å². The zero-order chi connectivity index (χ0) is 29.3. The highest BCUT2D eigenvalue weighted by Gasteiger charge is 2.45. The molecule has 0 amide bonds. The fourth-order valence-corrected chi connectivity index (χ4v) is 4.46. The summed E-state index contributed by atoms with van der Waals surface area (Å²) in [5.41, 5.74) is -0.526. The molecule has 218 valence electrons. The Morgan fingerprint density at radius 1 is 0.775 bits per heavy atom. The maximum absolute atomic E-state index is 13.1. The summed E-state index contributed by atoms with van der Waals surface area (Å²) in [7, 11) is 6.62. The Morgan fingerprint density at radius 3 is 1.98 bits per heavy atom. The first-order valence-corrected chi connectivity index (χ1v) is 11.9. The Morgan fingerprint density at radius 2 is 1.40 bits per heavy atom. The summed E-state index contributed by atoms with van der Waals surface area (Å²) < 4.78 is 44.3. The van der Waals surface area contributed by atoms with Crippen molar-refractivity contribution in [1.29, 1.82) is 0 Å². The number of fused-ring (bicyclic) bond motifs is 1. The molecular weight excluding hydrogens is 536 g/mol. The first-order chi connectivity index (χ1) is 19.1. The number of ether oxygens (including phenoxy) is 7. The van der Waals surface area contributed by atoms with Crippen molar-refractivity contribution >= 4 is 11.0 Å². The number of aliphatic hydroxyl groups excluding tert-OH is 4. The summed E-state index contributed by atoms with van der Waals surface area (Å²) in [6.45, 7) is -0.675. The van der Waals surface area contributed by atoms with Gasteiger partial charge in [0.05, 0.1) is 47.7 Å². The fourth-order valence-electron chi connectivity index (χ4n) is 4.46. The van der Waals surface area contributed by atoms with Gasteiger partial charge in [-0.25, -0.2) is 0 Å². The number of hydrogen-bond acceptors (Lipinski definition) is 14. The van der Waals surface area contributed by atoms with Crippen molar-refractivity contribution in [3.63, 3.8) is 0 Å². The van der Waals surface area contributed by atoms with Crippen LogP contribution in [0.1, 0.15) is 0 Å². The number of phenols is 1. The van der Waals surface area contributed by atoms with Crippen LogP contribution in [0.4, 0.5) is 0 Å². The largest absolute Gasteiger partial charge is 0.504 e. The first-order valence-electron chi connectivity index (χ1n) is 11.9. The van der Waals surface area contributed by atoms with Gasteiger partial charge in [-0.2, -0.15) is 0 Å². The summed E-state index contributed by atoms with van der Waals surface area (Å²) in [6.07, 6.45) is -7.91. The van der Waals surface area contributed by atoms with E-state index in [1.165, 1.54) is 47.7 Å². The molecule has 3 aromatic rings. The van der Waals surface area contributed by atoms with Crippen LogP contribution in [0.25, 0.3) is 22.3 Å². The maximum atomic E-state index is 13.1. The Kier molecular flexibility index (Phi) is 8.46. The van der Waals surface area contributed by atoms with E-state index in [-0.39, 0.29) is 56.8 Å². The summed E-state index contributed by atoms with van der Waals surface area (Å²) in [4.78, 5) is 13.1. The van der Waals surface area contributed by atoms with E-state index in [1.807, 2.05) is 0 Å². The quantitative estimate of drug-likeness (QED) is 0.238. The van der Waals surface area contributed by atoms with Gasteiger partial charge < -0.3 is 63.1 Å². The monoisotopic (exact) mass is 566 g/mol. The molecular formula is C26H30O14. The molecule has 0 bridgehead atoms. The van der Waals surface area contributed by atoms with Crippen LogP contribution in [0.2, 0.25) is 0 Å². The van der Waals surface area contributed by atoms with Gasteiger partial charge in [-0.3, -0.25) is 4.79 Å². The van der Waals surface area contributed by atoms with Crippen LogP contribution < -0.4 is 33.8 Å². The van der Waals surface area contributed by atoms with Crippen molar-refractivity contribution in [2.75, 3.05) is 42.2 Å². The van der Waals surface area contributed by atoms with Crippen molar-refractivity contribution < 1.29 is 63.1 Å². The van der Waals surface area contributed by atoms with E-state index in [0.29, 0.717) is 0 Å². The van der Waals surface area contributed by atoms with Crippen LogP contribution in [-0.2, 0) is 4.74 Å². The van der Waals surface area contributed by atoms with E-state index in [1.54, 1.807) is 0 Å². The van der Waals surface area contributed by atoms with E-state index in [2.05, 4.69) is 0 Å². The zero-order valence-corrected chi connectivity index (χ0v) is 22.2. The van der Waals surface area contributed by atoms with E-state index in [0.717, 1.165) is 6.07 Å². The molecule has 0 radical (unpaired) electrons. The SMILES string of the molecule is COc1cc(-c2cc(=O)c3c(O)c(OC)c(OC)cc3o2)c(OC)c(O[C@@H]2O[C@H](CO)[C@@H](O)[C@H](O)[C@H]2O)c1OC. The summed E-state index contributed by atoms with van der Waals surface area (Å²) in [5.74, 6) is -0.595. The smallest absolute Gasteiger partial charge is 0.229 e. The first kappa shape index (κ1) is 29.0. The third-order valence-corrected chi connectivity index (χ3v) is 6.47. The number of phenolic OH excluding ortho intramolecular Hbond substituents is 1. The Hall–Kier alpha value is -3.95. The van der Waals surface area contributed by atoms with Crippen molar-refractivity contribution in [2.45, 2.75) is 30.7 Å². The average molecular weight is 567 g/mol. The molecule has 0 aliphatic carbocycles. The van der Waals surface area contributed by atoms with Gasteiger partial charge in [0.15, 0.2) is 28.4 Å². The molecule has 1 aliphatic heterocycles. The molecule has 1 saturated heterocycles. The molecule has 0 unspecified atom stereocenters. The van der Waals surface area contributed by atoms with Gasteiger partial charge >= 0.3 is 0 Å². The summed E-state index contributed by atoms with van der Waals surface area (Å²) >= 11 is 0. The number of hydrogen-bond donors (Lipinski definition) is 5. The molecule has 1 aliphatic rings. The molecule has 2 aromatic carbocycles. The van der Waals surface area contributed by atoms with E-state index in [9.17, 15) is 30.3 Å². The predicted molar refractivity (Wildman–Crippen MR) is 137 cm³/mol. The molecule has 40 heavy (non-hydrogen) atoms. The van der Waals surface area contributed by atoms with Crippen LogP contribution in [0.3, 0.4) is 0 Å². The van der Waals surface area contributed by atoms with Crippen molar-refractivity contribution in [3.05, 3.63) is 28.4 Å². The van der Waals surface area contributed by atoms with Gasteiger partial charge in [-0.1, -0.05) is 0 Å². The van der Waals surface area contributed by atoms with Gasteiger partial charge in [0.1, 0.15) is 41.1 Å². The number of rotatable bonds is 9. The fraction of sp³-hybridized carbons (Fsp3) is 0.423. The predicted octanol–water partition coefficient (Wildman–Crippen LogP) is 0.387. The van der Waals surface area contributed by atoms with Crippen LogP contribution in [0.15, 0.2) is 27.4 Å². The Bertz CT molecular complexity index is 1430. The highest BCUT2D eigenvalue weighted by molar-refractivity contribution is 5.90. The second-order valence-corrected chi connectivity index (χ2v) is 8.65. The molecule has 5 atom stereocenters. The zero-order valence-electron chi connectivity index (χ0n) is 22.2. The molecule has 2 heterocycles. The number of aromatic hydroxyl groups is 1. The van der Waals surface area contributed by atoms with Gasteiger partial charge in [0, 0.05) is 12.1 Å². The highest BCUT2D eigenvalue weighted by Crippen LogP contribution is 2.51. The van der Waals surface area contributed by atoms with Gasteiger partial charge in [0.25, 0.3) is 0 Å². The van der Waals surface area contributed by atoms with E-state index in [4.69, 9.17) is 37.6 Å². The molecule has 5 N–H and O–H groups in total. The van der Waals surface area contributed by atoms with Crippen LogP contribution in [0, 0.1) is 0 Å². The lowest BCUT2D eigenvalue weighted by molar-refractivity contribution is -0.277. The minimum absolute atomic E-state index is 0.00718. The minimum Gasteiger partial charge on any atom is -0.504 e. The number of methoxy groups -OCH3 is 5. The number of aliphatic hydroxyl groups is 4. The summed E-state index contributed by atoms with van der Waals surface area (Å²) in [6, 6.07) is 3.93. The van der Waals surface area contributed by atoms with Crippen molar-refractivity contribution in [2.24, 2.45) is 0 Å². The van der Waals surface area contributed by atoms with Crippen molar-refractivity contribution in [3.8, 4) is 51.6 Å². The molecule has 0 spiro atoms. The van der Waals surface area contributed by atoms with E-state index < -0.39 is 48.5 Å². The van der Waals surface area contributed by atoms with Gasteiger partial charge in [-0.05, 0) is 6.07 Å². The van der Waals surface area contributed by atoms with E-state index >= 15 is 0 Å². The average Bonchev–Trinajstić information content (AvgIpc) is 2.95. The second-order valence-electron chi connectivity index (χ2n) is 8.65. The molecule has 0 saturated carbocycles. The molecule has 4 rings (SSSR count). The summed E-state index contributed by atoms with van der Waals surface area (Å²) in [5, 5.41) is 50.9. The third kappa shape index (κ3) is 4.80. The molecule has 1 fully saturated rings. The number of benzene rings is 2. The lowest BCUT2D eigenvalue weighted by Crippen LogP contribution is -2.60. The van der Waals surface area contributed by atoms with Gasteiger partial charge in [0.2, 0.25) is 23.5 Å². The normalized spacial score (nSPS) is 22.6. The highest BCUT2D eigenvalue weighted by atomic mass is 16.7. The molecule has 1 aromatic heterocycles. The van der Waals surface area contributed by atoms with Crippen LogP contribution >= 0.6 is 0 Å². The topological polar surface area (TPSA) is 196 Å².